The molecule has 0 spiro atoms. The molecule has 3 rings (SSSR count). The van der Waals surface area contributed by atoms with Crippen LogP contribution in [0.25, 0.3) is 16.1 Å². The standard InChI is InChI=1S/C13H9FN2OS/c1-8-7-18-13-15-6-11(12(17)16(8)13)9-3-2-4-10(14)5-9/h2-7H,1H3. The summed E-state index contributed by atoms with van der Waals surface area (Å²) in [6.07, 6.45) is 1.50. The fraction of sp³-hybridized carbons (Fsp3) is 0.0769. The SMILES string of the molecule is Cc1csc2ncc(-c3cccc(F)c3)c(=O)n12. The Balaban J connectivity index is 2.34. The minimum Gasteiger partial charge on any atom is -0.268 e. The molecule has 0 fully saturated rings. The molecule has 0 unspecified atom stereocenters. The van der Waals surface area contributed by atoms with Gasteiger partial charge in [0.25, 0.3) is 5.56 Å². The van der Waals surface area contributed by atoms with Crippen LogP contribution in [0.3, 0.4) is 0 Å². The number of aryl methyl sites for hydroxylation is 1. The molecule has 0 saturated carbocycles. The van der Waals surface area contributed by atoms with Crippen LogP contribution in [0.4, 0.5) is 4.39 Å². The zero-order valence-electron chi connectivity index (χ0n) is 9.55. The first-order valence-corrected chi connectivity index (χ1v) is 6.26. The quantitative estimate of drug-likeness (QED) is 0.674. The summed E-state index contributed by atoms with van der Waals surface area (Å²) in [7, 11) is 0. The van der Waals surface area contributed by atoms with Crippen molar-refractivity contribution < 1.29 is 4.39 Å². The van der Waals surface area contributed by atoms with Crippen molar-refractivity contribution in [1.82, 2.24) is 9.38 Å². The number of hydrogen-bond donors (Lipinski definition) is 0. The summed E-state index contributed by atoms with van der Waals surface area (Å²) < 4.78 is 14.7. The third-order valence-corrected chi connectivity index (χ3v) is 3.71. The van der Waals surface area contributed by atoms with Crippen molar-refractivity contribution in [2.45, 2.75) is 6.92 Å². The van der Waals surface area contributed by atoms with Crippen LogP contribution < -0.4 is 5.56 Å². The molecule has 90 valence electrons. The Morgan fingerprint density at radius 2 is 2.22 bits per heavy atom. The molecule has 0 bridgehead atoms. The van der Waals surface area contributed by atoms with E-state index < -0.39 is 0 Å². The van der Waals surface area contributed by atoms with Crippen LogP contribution >= 0.6 is 11.3 Å². The van der Waals surface area contributed by atoms with Gasteiger partial charge in [0, 0.05) is 17.3 Å². The van der Waals surface area contributed by atoms with E-state index >= 15 is 0 Å². The van der Waals surface area contributed by atoms with E-state index in [1.165, 1.54) is 29.7 Å². The lowest BCUT2D eigenvalue weighted by atomic mass is 10.1. The Hall–Kier alpha value is -2.01. The second kappa shape index (κ2) is 4.03. The van der Waals surface area contributed by atoms with Gasteiger partial charge in [0.2, 0.25) is 0 Å². The number of fused-ring (bicyclic) bond motifs is 1. The van der Waals surface area contributed by atoms with Gasteiger partial charge in [-0.25, -0.2) is 9.37 Å². The molecule has 0 atom stereocenters. The topological polar surface area (TPSA) is 34.4 Å². The summed E-state index contributed by atoms with van der Waals surface area (Å²) in [6.45, 7) is 1.85. The van der Waals surface area contributed by atoms with Gasteiger partial charge in [-0.05, 0) is 24.6 Å². The zero-order valence-corrected chi connectivity index (χ0v) is 10.4. The molecule has 0 N–H and O–H groups in total. The van der Waals surface area contributed by atoms with Crippen LogP contribution in [0.5, 0.6) is 0 Å². The van der Waals surface area contributed by atoms with Gasteiger partial charge in [-0.2, -0.15) is 0 Å². The lowest BCUT2D eigenvalue weighted by Crippen LogP contribution is -2.16. The Morgan fingerprint density at radius 1 is 1.39 bits per heavy atom. The van der Waals surface area contributed by atoms with Gasteiger partial charge in [0.05, 0.1) is 5.56 Å². The number of thiazole rings is 1. The maximum absolute atomic E-state index is 13.2. The van der Waals surface area contributed by atoms with Gasteiger partial charge < -0.3 is 0 Å². The Labute approximate surface area is 106 Å². The normalized spacial score (nSPS) is 11.0. The number of halogens is 1. The first-order chi connectivity index (χ1) is 8.66. The molecule has 2 aromatic heterocycles. The van der Waals surface area contributed by atoms with Gasteiger partial charge in [-0.1, -0.05) is 12.1 Å². The predicted molar refractivity (Wildman–Crippen MR) is 69.5 cm³/mol. The molecule has 3 nitrogen and oxygen atoms in total. The number of hydrogen-bond acceptors (Lipinski definition) is 3. The molecule has 0 aliphatic carbocycles. The first-order valence-electron chi connectivity index (χ1n) is 5.38. The van der Waals surface area contributed by atoms with Crippen molar-refractivity contribution in [3.63, 3.8) is 0 Å². The summed E-state index contributed by atoms with van der Waals surface area (Å²) in [5, 5.41) is 1.87. The number of nitrogens with zero attached hydrogens (tertiary/aromatic N) is 2. The highest BCUT2D eigenvalue weighted by atomic mass is 32.1. The Kier molecular flexibility index (Phi) is 2.48. The number of aromatic nitrogens is 2. The highest BCUT2D eigenvalue weighted by molar-refractivity contribution is 7.15. The van der Waals surface area contributed by atoms with Crippen LogP contribution in [0.2, 0.25) is 0 Å². The largest absolute Gasteiger partial charge is 0.268 e. The van der Waals surface area contributed by atoms with Crippen LogP contribution in [0.1, 0.15) is 5.69 Å². The highest BCUT2D eigenvalue weighted by Crippen LogP contribution is 2.18. The smallest absolute Gasteiger partial charge is 0.266 e. The van der Waals surface area contributed by atoms with Gasteiger partial charge in [-0.15, -0.1) is 11.3 Å². The average molecular weight is 260 g/mol. The zero-order chi connectivity index (χ0) is 12.7. The molecule has 1 aromatic carbocycles. The number of rotatable bonds is 1. The summed E-state index contributed by atoms with van der Waals surface area (Å²) in [6, 6.07) is 5.98. The van der Waals surface area contributed by atoms with Crippen LogP contribution in [-0.2, 0) is 0 Å². The summed E-state index contributed by atoms with van der Waals surface area (Å²) in [4.78, 5) is 17.2. The second-order valence-electron chi connectivity index (χ2n) is 3.98. The molecule has 5 heteroatoms. The van der Waals surface area contributed by atoms with E-state index in [0.29, 0.717) is 16.1 Å². The number of benzene rings is 1. The maximum Gasteiger partial charge on any atom is 0.266 e. The van der Waals surface area contributed by atoms with Crippen molar-refractivity contribution in [3.05, 3.63) is 57.7 Å². The maximum atomic E-state index is 13.2. The molecule has 0 aliphatic heterocycles. The van der Waals surface area contributed by atoms with Crippen molar-refractivity contribution in [2.24, 2.45) is 0 Å². The third-order valence-electron chi connectivity index (χ3n) is 2.75. The Bertz CT molecular complexity index is 791. The van der Waals surface area contributed by atoms with E-state index in [4.69, 9.17) is 0 Å². The van der Waals surface area contributed by atoms with Crippen molar-refractivity contribution in [3.8, 4) is 11.1 Å². The average Bonchev–Trinajstić information content (AvgIpc) is 2.72. The minimum atomic E-state index is -0.362. The van der Waals surface area contributed by atoms with Crippen LogP contribution in [0, 0.1) is 12.7 Å². The van der Waals surface area contributed by atoms with E-state index in [9.17, 15) is 9.18 Å². The van der Waals surface area contributed by atoms with Gasteiger partial charge in [0.1, 0.15) is 5.82 Å². The summed E-state index contributed by atoms with van der Waals surface area (Å²) in [5.41, 5.74) is 1.64. The van der Waals surface area contributed by atoms with Gasteiger partial charge >= 0.3 is 0 Å². The molecule has 3 aromatic rings. The lowest BCUT2D eigenvalue weighted by molar-refractivity contribution is 0.628. The predicted octanol–water partition coefficient (Wildman–Crippen LogP) is 2.87. The summed E-state index contributed by atoms with van der Waals surface area (Å²) >= 11 is 1.41. The lowest BCUT2D eigenvalue weighted by Gasteiger charge is -2.02. The molecule has 0 radical (unpaired) electrons. The third kappa shape index (κ3) is 1.64. The molecule has 2 heterocycles. The van der Waals surface area contributed by atoms with E-state index in [1.54, 1.807) is 16.5 Å². The molecular formula is C13H9FN2OS. The fourth-order valence-electron chi connectivity index (χ4n) is 1.88. The molecular weight excluding hydrogens is 251 g/mol. The highest BCUT2D eigenvalue weighted by Gasteiger charge is 2.10. The van der Waals surface area contributed by atoms with E-state index in [2.05, 4.69) is 4.98 Å². The molecule has 0 aliphatic rings. The van der Waals surface area contributed by atoms with E-state index in [-0.39, 0.29) is 11.4 Å². The monoisotopic (exact) mass is 260 g/mol. The molecule has 18 heavy (non-hydrogen) atoms. The van der Waals surface area contributed by atoms with Crippen molar-refractivity contribution in [2.75, 3.05) is 0 Å². The Morgan fingerprint density at radius 3 is 3.00 bits per heavy atom. The summed E-state index contributed by atoms with van der Waals surface area (Å²) in [5.74, 6) is -0.362. The van der Waals surface area contributed by atoms with Gasteiger partial charge in [-0.3, -0.25) is 9.20 Å². The van der Waals surface area contributed by atoms with Crippen LogP contribution in [-0.4, -0.2) is 9.38 Å². The van der Waals surface area contributed by atoms with E-state index in [0.717, 1.165) is 5.69 Å². The van der Waals surface area contributed by atoms with Crippen molar-refractivity contribution in [1.29, 1.82) is 0 Å². The second-order valence-corrected chi connectivity index (χ2v) is 4.82. The molecule has 0 saturated heterocycles. The van der Waals surface area contributed by atoms with Crippen molar-refractivity contribution >= 4 is 16.3 Å². The first kappa shape index (κ1) is 11.1. The minimum absolute atomic E-state index is 0.163. The van der Waals surface area contributed by atoms with E-state index in [1.807, 2.05) is 12.3 Å². The fourth-order valence-corrected chi connectivity index (χ4v) is 2.71. The molecule has 0 amide bonds. The van der Waals surface area contributed by atoms with Crippen LogP contribution in [0.15, 0.2) is 40.6 Å². The van der Waals surface area contributed by atoms with Gasteiger partial charge in [0.15, 0.2) is 4.96 Å².